The van der Waals surface area contributed by atoms with Crippen LogP contribution in [0.25, 0.3) is 0 Å². The second-order valence-corrected chi connectivity index (χ2v) is 9.01. The fourth-order valence-electron chi connectivity index (χ4n) is 3.46. The quantitative estimate of drug-likeness (QED) is 0.409. The summed E-state index contributed by atoms with van der Waals surface area (Å²) in [7, 11) is 0. The van der Waals surface area contributed by atoms with Crippen molar-refractivity contribution in [2.45, 2.75) is 88.4 Å². The van der Waals surface area contributed by atoms with Crippen LogP contribution in [0.15, 0.2) is 29.2 Å². The van der Waals surface area contributed by atoms with Crippen molar-refractivity contribution in [3.8, 4) is 0 Å². The van der Waals surface area contributed by atoms with Crippen LogP contribution in [0.4, 0.5) is 4.79 Å². The molecule has 1 saturated heterocycles. The van der Waals surface area contributed by atoms with E-state index in [1.54, 1.807) is 0 Å². The van der Waals surface area contributed by atoms with Crippen molar-refractivity contribution in [1.82, 2.24) is 10.2 Å². The standard InChI is InChI=1S/C21H34N2OS/c1-5-6-7-8-9-10-15-23-17(4)20(22-21(23)24)18-11-13-19(14-12-18)25-16(2)3/h11-14,16-17,20H,5-10,15H2,1-4H3,(H,22,24)/t17-,20-/m0/s1. The van der Waals surface area contributed by atoms with Crippen molar-refractivity contribution in [3.63, 3.8) is 0 Å². The summed E-state index contributed by atoms with van der Waals surface area (Å²) in [6.07, 6.45) is 7.55. The van der Waals surface area contributed by atoms with Crippen LogP contribution in [0, 0.1) is 0 Å². The van der Waals surface area contributed by atoms with Gasteiger partial charge in [-0.25, -0.2) is 4.79 Å². The monoisotopic (exact) mass is 362 g/mol. The lowest BCUT2D eigenvalue weighted by molar-refractivity contribution is 0.204. The number of carbonyl (C=O) groups is 1. The molecular formula is C21H34N2OS. The molecule has 3 nitrogen and oxygen atoms in total. The highest BCUT2D eigenvalue weighted by atomic mass is 32.2. The lowest BCUT2D eigenvalue weighted by Gasteiger charge is -2.23. The Balaban J connectivity index is 1.86. The normalized spacial score (nSPS) is 20.4. The molecule has 0 saturated carbocycles. The Morgan fingerprint density at radius 2 is 1.72 bits per heavy atom. The molecule has 0 aromatic heterocycles. The van der Waals surface area contributed by atoms with Gasteiger partial charge in [0, 0.05) is 16.7 Å². The maximum atomic E-state index is 12.4. The summed E-state index contributed by atoms with van der Waals surface area (Å²) in [5.74, 6) is 0. The van der Waals surface area contributed by atoms with Gasteiger partial charge in [-0.05, 0) is 31.0 Å². The van der Waals surface area contributed by atoms with Crippen LogP contribution in [-0.2, 0) is 0 Å². The van der Waals surface area contributed by atoms with Crippen molar-refractivity contribution in [1.29, 1.82) is 0 Å². The molecule has 0 spiro atoms. The molecule has 0 bridgehead atoms. The first kappa shape index (κ1) is 20.2. The predicted molar refractivity (Wildman–Crippen MR) is 108 cm³/mol. The lowest BCUT2D eigenvalue weighted by Crippen LogP contribution is -2.33. The van der Waals surface area contributed by atoms with Gasteiger partial charge in [-0.15, -0.1) is 11.8 Å². The molecule has 0 aliphatic carbocycles. The van der Waals surface area contributed by atoms with Gasteiger partial charge >= 0.3 is 6.03 Å². The van der Waals surface area contributed by atoms with Gasteiger partial charge in [0.25, 0.3) is 0 Å². The van der Waals surface area contributed by atoms with Crippen LogP contribution in [0.2, 0.25) is 0 Å². The van der Waals surface area contributed by atoms with Gasteiger partial charge in [0.05, 0.1) is 12.1 Å². The Hall–Kier alpha value is -1.16. The fourth-order valence-corrected chi connectivity index (χ4v) is 4.29. The number of hydrogen-bond acceptors (Lipinski definition) is 2. The zero-order chi connectivity index (χ0) is 18.2. The summed E-state index contributed by atoms with van der Waals surface area (Å²) in [6, 6.07) is 9.09. The molecule has 1 aliphatic rings. The van der Waals surface area contributed by atoms with E-state index in [0.717, 1.165) is 13.0 Å². The van der Waals surface area contributed by atoms with Gasteiger partial charge in [0.15, 0.2) is 0 Å². The zero-order valence-corrected chi connectivity index (χ0v) is 17.1. The number of rotatable bonds is 10. The van der Waals surface area contributed by atoms with E-state index >= 15 is 0 Å². The van der Waals surface area contributed by atoms with E-state index in [4.69, 9.17) is 0 Å². The first-order chi connectivity index (χ1) is 12.0. The summed E-state index contributed by atoms with van der Waals surface area (Å²) in [4.78, 5) is 15.7. The van der Waals surface area contributed by atoms with E-state index in [1.807, 2.05) is 16.7 Å². The molecule has 1 aromatic carbocycles. The highest BCUT2D eigenvalue weighted by Gasteiger charge is 2.36. The third-order valence-electron chi connectivity index (χ3n) is 4.88. The number of hydrogen-bond donors (Lipinski definition) is 1. The van der Waals surface area contributed by atoms with E-state index in [0.29, 0.717) is 5.25 Å². The molecule has 0 radical (unpaired) electrons. The number of carbonyl (C=O) groups excluding carboxylic acids is 1. The van der Waals surface area contributed by atoms with Crippen molar-refractivity contribution < 1.29 is 4.79 Å². The third kappa shape index (κ3) is 5.95. The van der Waals surface area contributed by atoms with Crippen LogP contribution < -0.4 is 5.32 Å². The molecule has 140 valence electrons. The average molecular weight is 363 g/mol. The Kier molecular flexibility index (Phi) is 8.14. The van der Waals surface area contributed by atoms with Crippen LogP contribution in [-0.4, -0.2) is 28.8 Å². The fraction of sp³-hybridized carbons (Fsp3) is 0.667. The molecule has 2 amide bonds. The van der Waals surface area contributed by atoms with E-state index < -0.39 is 0 Å². The van der Waals surface area contributed by atoms with Crippen molar-refractivity contribution in [2.24, 2.45) is 0 Å². The van der Waals surface area contributed by atoms with Crippen LogP contribution >= 0.6 is 11.8 Å². The van der Waals surface area contributed by atoms with E-state index in [-0.39, 0.29) is 18.1 Å². The molecule has 1 fully saturated rings. The largest absolute Gasteiger partial charge is 0.329 e. The maximum Gasteiger partial charge on any atom is 0.318 e. The van der Waals surface area contributed by atoms with Gasteiger partial charge in [-0.2, -0.15) is 0 Å². The lowest BCUT2D eigenvalue weighted by atomic mass is 10.0. The molecule has 1 N–H and O–H groups in total. The molecule has 2 rings (SSSR count). The maximum absolute atomic E-state index is 12.4. The third-order valence-corrected chi connectivity index (χ3v) is 5.89. The average Bonchev–Trinajstić information content (AvgIpc) is 2.86. The van der Waals surface area contributed by atoms with E-state index in [1.165, 1.54) is 42.6 Å². The smallest absolute Gasteiger partial charge is 0.318 e. The van der Waals surface area contributed by atoms with Crippen LogP contribution in [0.3, 0.4) is 0 Å². The Morgan fingerprint density at radius 1 is 1.08 bits per heavy atom. The number of unbranched alkanes of at least 4 members (excludes halogenated alkanes) is 5. The van der Waals surface area contributed by atoms with Gasteiger partial charge in [0.2, 0.25) is 0 Å². The first-order valence-electron chi connectivity index (χ1n) is 9.86. The van der Waals surface area contributed by atoms with E-state index in [2.05, 4.69) is 57.3 Å². The summed E-state index contributed by atoms with van der Waals surface area (Å²) >= 11 is 1.87. The molecule has 4 heteroatoms. The van der Waals surface area contributed by atoms with Crippen molar-refractivity contribution >= 4 is 17.8 Å². The van der Waals surface area contributed by atoms with E-state index in [9.17, 15) is 4.79 Å². The van der Waals surface area contributed by atoms with Crippen LogP contribution in [0.1, 0.15) is 77.8 Å². The minimum atomic E-state index is 0.0895. The topological polar surface area (TPSA) is 32.3 Å². The van der Waals surface area contributed by atoms with Crippen molar-refractivity contribution in [3.05, 3.63) is 29.8 Å². The minimum absolute atomic E-state index is 0.0895. The number of amides is 2. The summed E-state index contributed by atoms with van der Waals surface area (Å²) in [5.41, 5.74) is 1.21. The number of benzene rings is 1. The number of nitrogens with zero attached hydrogens (tertiary/aromatic N) is 1. The zero-order valence-electron chi connectivity index (χ0n) is 16.3. The number of nitrogens with one attached hydrogen (secondary N) is 1. The molecule has 2 atom stereocenters. The minimum Gasteiger partial charge on any atom is -0.329 e. The Bertz CT molecular complexity index is 529. The molecule has 25 heavy (non-hydrogen) atoms. The first-order valence-corrected chi connectivity index (χ1v) is 10.7. The highest BCUT2D eigenvalue weighted by molar-refractivity contribution is 7.99. The summed E-state index contributed by atoms with van der Waals surface area (Å²) in [5, 5.41) is 3.76. The van der Waals surface area contributed by atoms with Gasteiger partial charge in [0.1, 0.15) is 0 Å². The van der Waals surface area contributed by atoms with Gasteiger partial charge in [-0.3, -0.25) is 0 Å². The van der Waals surface area contributed by atoms with Crippen molar-refractivity contribution in [2.75, 3.05) is 6.54 Å². The molecule has 0 unspecified atom stereocenters. The van der Waals surface area contributed by atoms with Gasteiger partial charge in [-0.1, -0.05) is 65.0 Å². The molecule has 1 aliphatic heterocycles. The Morgan fingerprint density at radius 3 is 2.36 bits per heavy atom. The SMILES string of the molecule is CCCCCCCCN1C(=O)N[C@H](c2ccc(SC(C)C)cc2)[C@@H]1C. The second kappa shape index (κ2) is 10.1. The molecule has 1 heterocycles. The number of thioether (sulfide) groups is 1. The Labute approximate surface area is 157 Å². The molecule has 1 aromatic rings. The predicted octanol–water partition coefficient (Wildman–Crippen LogP) is 6.00. The molecular weight excluding hydrogens is 328 g/mol. The highest BCUT2D eigenvalue weighted by Crippen LogP contribution is 2.30. The van der Waals surface area contributed by atoms with Gasteiger partial charge < -0.3 is 10.2 Å². The summed E-state index contributed by atoms with van der Waals surface area (Å²) < 4.78 is 0. The second-order valence-electron chi connectivity index (χ2n) is 7.36. The summed E-state index contributed by atoms with van der Waals surface area (Å²) in [6.45, 7) is 9.69. The number of urea groups is 1. The van der Waals surface area contributed by atoms with Crippen LogP contribution in [0.5, 0.6) is 0 Å².